The molecule has 0 fully saturated rings. The summed E-state index contributed by atoms with van der Waals surface area (Å²) in [6, 6.07) is 11.4. The van der Waals surface area contributed by atoms with Crippen LogP contribution in [-0.4, -0.2) is 26.6 Å². The van der Waals surface area contributed by atoms with Crippen LogP contribution in [0, 0.1) is 12.7 Å². The molecule has 3 aromatic rings. The lowest BCUT2D eigenvalue weighted by Crippen LogP contribution is -2.04. The van der Waals surface area contributed by atoms with Crippen molar-refractivity contribution in [1.82, 2.24) is 10.2 Å². The van der Waals surface area contributed by atoms with Crippen LogP contribution in [0.5, 0.6) is 0 Å². The van der Waals surface area contributed by atoms with Crippen LogP contribution >= 0.6 is 0 Å². The molecular weight excluding hydrogens is 345 g/mol. The molecule has 0 bridgehead atoms. The molecule has 0 saturated carbocycles. The van der Waals surface area contributed by atoms with E-state index in [0.29, 0.717) is 22.2 Å². The van der Waals surface area contributed by atoms with Gasteiger partial charge in [-0.25, -0.2) is 8.60 Å². The Morgan fingerprint density at radius 2 is 1.72 bits per heavy atom. The zero-order chi connectivity index (χ0) is 18.0. The fraction of sp³-hybridized carbons (Fsp3) is 0.118. The summed E-state index contributed by atoms with van der Waals surface area (Å²) >= 11 is 0. The van der Waals surface area contributed by atoms with Gasteiger partial charge in [-0.1, -0.05) is 0 Å². The number of nitrogens with zero attached hydrogens (tertiary/aromatic N) is 3. The maximum Gasteiger partial charge on any atom is 0.285 e. The first kappa shape index (κ1) is 17.0. The Balaban J connectivity index is 1.87. The SMILES string of the molecule is Cc1nnc(-c2ccc(C(=O)N=S(C)(=O)c3ccc(F)cc3)cc2)o1. The molecule has 0 aliphatic rings. The molecule has 1 heterocycles. The summed E-state index contributed by atoms with van der Waals surface area (Å²) in [4.78, 5) is 12.6. The lowest BCUT2D eigenvalue weighted by atomic mass is 10.1. The first-order valence-corrected chi connectivity index (χ1v) is 9.20. The van der Waals surface area contributed by atoms with Crippen molar-refractivity contribution < 1.29 is 17.8 Å². The molecule has 3 rings (SSSR count). The molecule has 1 atom stereocenters. The second-order valence-electron chi connectivity index (χ2n) is 5.36. The summed E-state index contributed by atoms with van der Waals surface area (Å²) in [5.41, 5.74) is 0.935. The largest absolute Gasteiger partial charge is 0.421 e. The number of halogens is 1. The van der Waals surface area contributed by atoms with Gasteiger partial charge in [-0.2, -0.15) is 4.36 Å². The predicted molar refractivity (Wildman–Crippen MR) is 90.0 cm³/mol. The highest BCUT2D eigenvalue weighted by atomic mass is 32.2. The molecule has 0 N–H and O–H groups in total. The van der Waals surface area contributed by atoms with E-state index in [4.69, 9.17) is 4.42 Å². The average molecular weight is 359 g/mol. The van der Waals surface area contributed by atoms with Gasteiger partial charge in [0.05, 0.1) is 9.73 Å². The van der Waals surface area contributed by atoms with Crippen LogP contribution in [0.15, 0.2) is 62.2 Å². The standard InChI is InChI=1S/C17H14FN3O3S/c1-11-19-20-17(24-11)13-5-3-12(4-6-13)16(22)21-25(2,23)15-9-7-14(18)8-10-15/h3-10H,1-2H3. The van der Waals surface area contributed by atoms with Gasteiger partial charge in [0.15, 0.2) is 0 Å². The second kappa shape index (κ2) is 6.56. The Hall–Kier alpha value is -2.87. The van der Waals surface area contributed by atoms with Gasteiger partial charge in [-0.05, 0) is 48.5 Å². The maximum atomic E-state index is 13.0. The van der Waals surface area contributed by atoms with Gasteiger partial charge in [0.2, 0.25) is 11.8 Å². The molecule has 0 aliphatic heterocycles. The minimum absolute atomic E-state index is 0.275. The van der Waals surface area contributed by atoms with Gasteiger partial charge < -0.3 is 4.42 Å². The van der Waals surface area contributed by atoms with E-state index >= 15 is 0 Å². The van der Waals surface area contributed by atoms with Crippen molar-refractivity contribution in [2.45, 2.75) is 11.8 Å². The summed E-state index contributed by atoms with van der Waals surface area (Å²) in [5, 5.41) is 7.64. The molecule has 2 aromatic carbocycles. The molecule has 0 spiro atoms. The number of hydrogen-bond donors (Lipinski definition) is 0. The van der Waals surface area contributed by atoms with Gasteiger partial charge in [-0.3, -0.25) is 4.79 Å². The van der Waals surface area contributed by atoms with Crippen LogP contribution < -0.4 is 0 Å². The summed E-state index contributed by atoms with van der Waals surface area (Å²) < 4.78 is 34.7. The molecule has 1 aromatic heterocycles. The summed E-state index contributed by atoms with van der Waals surface area (Å²) in [7, 11) is -2.97. The van der Waals surface area contributed by atoms with Crippen LogP contribution in [0.4, 0.5) is 4.39 Å². The van der Waals surface area contributed by atoms with Crippen molar-refractivity contribution in [3.05, 3.63) is 65.8 Å². The van der Waals surface area contributed by atoms with E-state index in [-0.39, 0.29) is 5.56 Å². The Bertz CT molecular complexity index is 1030. The number of hydrogen-bond acceptors (Lipinski definition) is 5. The number of carbonyl (C=O) groups excluding carboxylic acids is 1. The zero-order valence-corrected chi connectivity index (χ0v) is 14.3. The van der Waals surface area contributed by atoms with Crippen molar-refractivity contribution in [3.63, 3.8) is 0 Å². The van der Waals surface area contributed by atoms with Crippen molar-refractivity contribution in [1.29, 1.82) is 0 Å². The van der Waals surface area contributed by atoms with E-state index in [0.717, 1.165) is 0 Å². The molecule has 25 heavy (non-hydrogen) atoms. The third kappa shape index (κ3) is 3.80. The highest BCUT2D eigenvalue weighted by Gasteiger charge is 2.13. The summed E-state index contributed by atoms with van der Waals surface area (Å²) in [6.45, 7) is 1.68. The molecule has 1 amide bonds. The van der Waals surface area contributed by atoms with Crippen LogP contribution in [0.25, 0.3) is 11.5 Å². The molecule has 0 radical (unpaired) electrons. The monoisotopic (exact) mass is 359 g/mol. The first-order valence-electron chi connectivity index (χ1n) is 7.28. The van der Waals surface area contributed by atoms with Crippen molar-refractivity contribution >= 4 is 15.6 Å². The summed E-state index contributed by atoms with van der Waals surface area (Å²) in [6.07, 6.45) is 1.34. The van der Waals surface area contributed by atoms with Crippen LogP contribution in [0.2, 0.25) is 0 Å². The van der Waals surface area contributed by atoms with Crippen molar-refractivity contribution in [2.75, 3.05) is 6.26 Å². The van der Waals surface area contributed by atoms with Gasteiger partial charge in [0.1, 0.15) is 5.82 Å². The maximum absolute atomic E-state index is 13.0. The fourth-order valence-electron chi connectivity index (χ4n) is 2.12. The highest BCUT2D eigenvalue weighted by molar-refractivity contribution is 7.93. The molecule has 0 saturated heterocycles. The molecule has 128 valence electrons. The van der Waals surface area contributed by atoms with Crippen molar-refractivity contribution in [3.8, 4) is 11.5 Å². The van der Waals surface area contributed by atoms with E-state index in [1.807, 2.05) is 0 Å². The minimum atomic E-state index is -2.97. The Morgan fingerprint density at radius 3 is 2.28 bits per heavy atom. The lowest BCUT2D eigenvalue weighted by Gasteiger charge is -2.04. The van der Waals surface area contributed by atoms with Gasteiger partial charge in [0, 0.05) is 29.2 Å². The number of aromatic nitrogens is 2. The van der Waals surface area contributed by atoms with Crippen molar-refractivity contribution in [2.24, 2.45) is 4.36 Å². The van der Waals surface area contributed by atoms with Crippen LogP contribution in [-0.2, 0) is 9.73 Å². The fourth-order valence-corrected chi connectivity index (χ4v) is 3.29. The van der Waals surface area contributed by atoms with Crippen LogP contribution in [0.3, 0.4) is 0 Å². The van der Waals surface area contributed by atoms with E-state index in [1.54, 1.807) is 31.2 Å². The van der Waals surface area contributed by atoms with Crippen LogP contribution in [0.1, 0.15) is 16.2 Å². The third-order valence-corrected chi connectivity index (χ3v) is 5.07. The molecule has 6 nitrogen and oxygen atoms in total. The van der Waals surface area contributed by atoms with E-state index in [2.05, 4.69) is 14.6 Å². The Labute approximate surface area is 143 Å². The highest BCUT2D eigenvalue weighted by Crippen LogP contribution is 2.19. The Morgan fingerprint density at radius 1 is 1.08 bits per heavy atom. The van der Waals surface area contributed by atoms with Gasteiger partial charge in [-0.15, -0.1) is 10.2 Å². The Kier molecular flexibility index (Phi) is 4.45. The van der Waals surface area contributed by atoms with Gasteiger partial charge >= 0.3 is 0 Å². The molecule has 8 heteroatoms. The normalized spacial score (nSPS) is 13.2. The number of benzene rings is 2. The van der Waals surface area contributed by atoms with E-state index in [1.165, 1.54) is 30.5 Å². The predicted octanol–water partition coefficient (Wildman–Crippen LogP) is 3.48. The molecule has 1 unspecified atom stereocenters. The molecular formula is C17H14FN3O3S. The van der Waals surface area contributed by atoms with Gasteiger partial charge in [0.25, 0.3) is 5.91 Å². The van der Waals surface area contributed by atoms with E-state index in [9.17, 15) is 13.4 Å². The smallest absolute Gasteiger partial charge is 0.285 e. The average Bonchev–Trinajstić information content (AvgIpc) is 3.01. The number of amides is 1. The summed E-state index contributed by atoms with van der Waals surface area (Å²) in [5.74, 6) is -0.281. The number of aryl methyl sites for hydroxylation is 1. The third-order valence-electron chi connectivity index (χ3n) is 3.41. The minimum Gasteiger partial charge on any atom is -0.421 e. The molecule has 0 aliphatic carbocycles. The number of carbonyl (C=O) groups is 1. The first-order chi connectivity index (χ1) is 11.8. The number of rotatable bonds is 3. The second-order valence-corrected chi connectivity index (χ2v) is 7.62. The zero-order valence-electron chi connectivity index (χ0n) is 13.5. The van der Waals surface area contributed by atoms with E-state index < -0.39 is 21.5 Å². The lowest BCUT2D eigenvalue weighted by molar-refractivity contribution is 0.100. The quantitative estimate of drug-likeness (QED) is 0.715. The topological polar surface area (TPSA) is 85.4 Å².